The lowest BCUT2D eigenvalue weighted by Crippen LogP contribution is -2.34. The first-order valence-corrected chi connectivity index (χ1v) is 8.14. The highest BCUT2D eigenvalue weighted by Crippen LogP contribution is 2.32. The van der Waals surface area contributed by atoms with Crippen molar-refractivity contribution < 1.29 is 0 Å². The summed E-state index contributed by atoms with van der Waals surface area (Å²) in [6.07, 6.45) is 4.56. The Morgan fingerprint density at radius 2 is 2.05 bits per heavy atom. The number of aryl methyl sites for hydroxylation is 2. The second-order valence-corrected chi connectivity index (χ2v) is 7.51. The second kappa shape index (κ2) is 6.07. The summed E-state index contributed by atoms with van der Waals surface area (Å²) in [4.78, 5) is 0. The number of hydrogen-bond donors (Lipinski definition) is 1. The molecule has 1 aliphatic carbocycles. The van der Waals surface area contributed by atoms with E-state index in [2.05, 4.69) is 38.1 Å². The van der Waals surface area contributed by atoms with E-state index in [1.165, 1.54) is 18.5 Å². The molecule has 1 N–H and O–H groups in total. The van der Waals surface area contributed by atoms with E-state index in [9.17, 15) is 0 Å². The SMILES string of the molecule is CCc1nn(C)c(CC(CNC2CC2)C(C)(C)C)c1Cl. The molecular formula is C16H28ClN3. The van der Waals surface area contributed by atoms with Crippen molar-refractivity contribution >= 4 is 11.6 Å². The molecule has 0 radical (unpaired) electrons. The average molecular weight is 298 g/mol. The van der Waals surface area contributed by atoms with Gasteiger partial charge in [0.05, 0.1) is 16.4 Å². The molecule has 1 heterocycles. The molecule has 0 spiro atoms. The minimum atomic E-state index is 0.266. The van der Waals surface area contributed by atoms with Gasteiger partial charge in [-0.25, -0.2) is 0 Å². The first-order valence-electron chi connectivity index (χ1n) is 7.76. The molecule has 1 unspecified atom stereocenters. The Morgan fingerprint density at radius 1 is 1.40 bits per heavy atom. The largest absolute Gasteiger partial charge is 0.314 e. The van der Waals surface area contributed by atoms with Gasteiger partial charge in [-0.1, -0.05) is 39.3 Å². The summed E-state index contributed by atoms with van der Waals surface area (Å²) in [5.74, 6) is 0.570. The van der Waals surface area contributed by atoms with Crippen molar-refractivity contribution in [2.75, 3.05) is 6.54 Å². The van der Waals surface area contributed by atoms with Crippen molar-refractivity contribution in [2.45, 2.75) is 59.4 Å². The van der Waals surface area contributed by atoms with Gasteiger partial charge in [0.1, 0.15) is 0 Å². The van der Waals surface area contributed by atoms with E-state index in [1.807, 2.05) is 11.7 Å². The molecule has 3 nitrogen and oxygen atoms in total. The maximum Gasteiger partial charge on any atom is 0.0849 e. The van der Waals surface area contributed by atoms with Gasteiger partial charge in [-0.05, 0) is 43.6 Å². The molecular weight excluding hydrogens is 270 g/mol. The fraction of sp³-hybridized carbons (Fsp3) is 0.812. The molecule has 1 aromatic heterocycles. The van der Waals surface area contributed by atoms with Gasteiger partial charge in [0.15, 0.2) is 0 Å². The standard InChI is InChI=1S/C16H28ClN3/c1-6-13-15(17)14(20(5)19-13)9-11(16(2,3)4)10-18-12-7-8-12/h11-12,18H,6-10H2,1-5H3. The van der Waals surface area contributed by atoms with Crippen molar-refractivity contribution in [1.29, 1.82) is 0 Å². The van der Waals surface area contributed by atoms with Gasteiger partial charge in [-0.3, -0.25) is 4.68 Å². The summed E-state index contributed by atoms with van der Waals surface area (Å²) in [6, 6.07) is 0.757. The van der Waals surface area contributed by atoms with Gasteiger partial charge in [-0.15, -0.1) is 0 Å². The van der Waals surface area contributed by atoms with Crippen LogP contribution in [0.3, 0.4) is 0 Å². The van der Waals surface area contributed by atoms with Crippen LogP contribution in [0.5, 0.6) is 0 Å². The molecule has 20 heavy (non-hydrogen) atoms. The molecule has 0 aromatic carbocycles. The molecule has 4 heteroatoms. The predicted molar refractivity (Wildman–Crippen MR) is 85.3 cm³/mol. The highest BCUT2D eigenvalue weighted by molar-refractivity contribution is 6.31. The zero-order valence-corrected chi connectivity index (χ0v) is 14.2. The van der Waals surface area contributed by atoms with Crippen molar-refractivity contribution in [3.8, 4) is 0 Å². The number of nitrogens with one attached hydrogen (secondary N) is 1. The first kappa shape index (κ1) is 15.8. The first-order chi connectivity index (χ1) is 9.32. The molecule has 0 saturated heterocycles. The molecule has 1 aliphatic rings. The van der Waals surface area contributed by atoms with E-state index >= 15 is 0 Å². The Bertz CT molecular complexity index is 455. The monoisotopic (exact) mass is 297 g/mol. The van der Waals surface area contributed by atoms with Crippen LogP contribution in [0.25, 0.3) is 0 Å². The molecule has 0 aliphatic heterocycles. The van der Waals surface area contributed by atoms with E-state index in [0.717, 1.165) is 36.1 Å². The Labute approximate surface area is 128 Å². The number of hydrogen-bond acceptors (Lipinski definition) is 2. The highest BCUT2D eigenvalue weighted by atomic mass is 35.5. The Kier molecular flexibility index (Phi) is 4.80. The summed E-state index contributed by atoms with van der Waals surface area (Å²) >= 11 is 6.50. The summed E-state index contributed by atoms with van der Waals surface area (Å²) in [5, 5.41) is 9.08. The predicted octanol–water partition coefficient (Wildman–Crippen LogP) is 3.59. The van der Waals surface area contributed by atoms with Crippen LogP contribution in [-0.2, 0) is 19.9 Å². The van der Waals surface area contributed by atoms with Crippen LogP contribution in [-0.4, -0.2) is 22.4 Å². The Morgan fingerprint density at radius 3 is 2.50 bits per heavy atom. The number of aromatic nitrogens is 2. The maximum absolute atomic E-state index is 6.50. The van der Waals surface area contributed by atoms with Crippen molar-refractivity contribution in [3.05, 3.63) is 16.4 Å². The lowest BCUT2D eigenvalue weighted by atomic mass is 9.78. The van der Waals surface area contributed by atoms with Crippen LogP contribution in [0.2, 0.25) is 5.02 Å². The van der Waals surface area contributed by atoms with Crippen molar-refractivity contribution in [1.82, 2.24) is 15.1 Å². The third-order valence-corrected chi connectivity index (χ3v) is 4.83. The van der Waals surface area contributed by atoms with E-state index in [-0.39, 0.29) is 5.41 Å². The molecule has 0 bridgehead atoms. The zero-order valence-electron chi connectivity index (χ0n) is 13.5. The molecule has 2 rings (SSSR count). The lowest BCUT2D eigenvalue weighted by Gasteiger charge is -2.31. The van der Waals surface area contributed by atoms with Crippen molar-refractivity contribution in [3.63, 3.8) is 0 Å². The maximum atomic E-state index is 6.50. The third kappa shape index (κ3) is 3.76. The van der Waals surface area contributed by atoms with Crippen LogP contribution < -0.4 is 5.32 Å². The van der Waals surface area contributed by atoms with Gasteiger partial charge in [-0.2, -0.15) is 5.10 Å². The third-order valence-electron chi connectivity index (χ3n) is 4.40. The fourth-order valence-corrected chi connectivity index (χ4v) is 2.93. The summed E-state index contributed by atoms with van der Waals surface area (Å²) in [7, 11) is 2.01. The van der Waals surface area contributed by atoms with Crippen LogP contribution in [0.4, 0.5) is 0 Å². The lowest BCUT2D eigenvalue weighted by molar-refractivity contribution is 0.227. The Balaban J connectivity index is 2.11. The normalized spacial score (nSPS) is 17.5. The smallest absolute Gasteiger partial charge is 0.0849 e. The molecule has 114 valence electrons. The fourth-order valence-electron chi connectivity index (χ4n) is 2.56. The van der Waals surface area contributed by atoms with Crippen molar-refractivity contribution in [2.24, 2.45) is 18.4 Å². The minimum absolute atomic E-state index is 0.266. The van der Waals surface area contributed by atoms with Gasteiger partial charge in [0, 0.05) is 13.1 Å². The Hall–Kier alpha value is -0.540. The van der Waals surface area contributed by atoms with Gasteiger partial charge in [0.2, 0.25) is 0 Å². The van der Waals surface area contributed by atoms with Gasteiger partial charge in [0.25, 0.3) is 0 Å². The van der Waals surface area contributed by atoms with Crippen LogP contribution in [0.15, 0.2) is 0 Å². The number of nitrogens with zero attached hydrogens (tertiary/aromatic N) is 2. The summed E-state index contributed by atoms with van der Waals surface area (Å²) in [5.41, 5.74) is 2.47. The van der Waals surface area contributed by atoms with Gasteiger partial charge >= 0.3 is 0 Å². The quantitative estimate of drug-likeness (QED) is 0.869. The second-order valence-electron chi connectivity index (χ2n) is 7.13. The topological polar surface area (TPSA) is 29.9 Å². The van der Waals surface area contributed by atoms with Gasteiger partial charge < -0.3 is 5.32 Å². The summed E-state index contributed by atoms with van der Waals surface area (Å²) in [6.45, 7) is 10.1. The van der Waals surface area contributed by atoms with E-state index < -0.39 is 0 Å². The highest BCUT2D eigenvalue weighted by Gasteiger charge is 2.30. The molecule has 0 amide bonds. The van der Waals surface area contributed by atoms with E-state index in [4.69, 9.17) is 11.6 Å². The molecule has 1 saturated carbocycles. The zero-order chi connectivity index (χ0) is 14.9. The van der Waals surface area contributed by atoms with E-state index in [0.29, 0.717) is 5.92 Å². The average Bonchev–Trinajstić information content (AvgIpc) is 3.13. The van der Waals surface area contributed by atoms with Crippen LogP contribution >= 0.6 is 11.6 Å². The molecule has 1 atom stereocenters. The number of halogens is 1. The molecule has 1 fully saturated rings. The van der Waals surface area contributed by atoms with E-state index in [1.54, 1.807) is 0 Å². The summed E-state index contributed by atoms with van der Waals surface area (Å²) < 4.78 is 1.97. The number of rotatable bonds is 6. The van der Waals surface area contributed by atoms with Crippen LogP contribution in [0, 0.1) is 11.3 Å². The minimum Gasteiger partial charge on any atom is -0.314 e. The van der Waals surface area contributed by atoms with Crippen LogP contribution in [0.1, 0.15) is 51.9 Å². The molecule has 1 aromatic rings.